The number of thiophene rings is 1. The van der Waals surface area contributed by atoms with Gasteiger partial charge in [-0.2, -0.15) is 0 Å². The van der Waals surface area contributed by atoms with Crippen LogP contribution in [0.2, 0.25) is 0 Å². The van der Waals surface area contributed by atoms with Crippen molar-refractivity contribution in [2.24, 2.45) is 0 Å². The van der Waals surface area contributed by atoms with Crippen LogP contribution in [0.4, 0.5) is 0 Å². The molecule has 0 saturated heterocycles. The summed E-state index contributed by atoms with van der Waals surface area (Å²) in [5.74, 6) is 0. The van der Waals surface area contributed by atoms with E-state index in [2.05, 4.69) is 37.7 Å². The molecule has 6 heteroatoms. The van der Waals surface area contributed by atoms with Crippen molar-refractivity contribution in [1.29, 1.82) is 0 Å². The van der Waals surface area contributed by atoms with Gasteiger partial charge < -0.3 is 5.11 Å². The summed E-state index contributed by atoms with van der Waals surface area (Å²) in [4.78, 5) is 0. The molecule has 86 valence electrons. The quantitative estimate of drug-likeness (QED) is 0.944. The lowest BCUT2D eigenvalue weighted by Crippen LogP contribution is -1.99. The van der Waals surface area contributed by atoms with Gasteiger partial charge in [0.15, 0.2) is 0 Å². The van der Waals surface area contributed by atoms with E-state index in [1.807, 2.05) is 6.92 Å². The highest BCUT2D eigenvalue weighted by molar-refractivity contribution is 9.11. The molecule has 0 fully saturated rings. The second-order valence-corrected chi connectivity index (χ2v) is 5.81. The maximum atomic E-state index is 9.59. The highest BCUT2D eigenvalue weighted by Crippen LogP contribution is 2.21. The average Bonchev–Trinajstić information content (AvgIpc) is 2.87. The van der Waals surface area contributed by atoms with Gasteiger partial charge >= 0.3 is 0 Å². The van der Waals surface area contributed by atoms with Crippen LogP contribution in [0.15, 0.2) is 21.4 Å². The molecule has 0 bridgehead atoms. The van der Waals surface area contributed by atoms with Gasteiger partial charge in [0.2, 0.25) is 0 Å². The lowest BCUT2D eigenvalue weighted by Gasteiger charge is -2.00. The summed E-state index contributed by atoms with van der Waals surface area (Å²) in [7, 11) is 0. The second kappa shape index (κ2) is 5.07. The summed E-state index contributed by atoms with van der Waals surface area (Å²) in [5, 5.41) is 19.6. The fourth-order valence-electron chi connectivity index (χ4n) is 1.37. The van der Waals surface area contributed by atoms with E-state index >= 15 is 0 Å². The Bertz CT molecular complexity index is 468. The molecule has 2 rings (SSSR count). The van der Waals surface area contributed by atoms with Crippen LogP contribution in [0.25, 0.3) is 0 Å². The SMILES string of the molecule is CCC(O)c1cn(Cc2csc(Br)c2)nn1. The molecule has 2 aromatic rings. The van der Waals surface area contributed by atoms with Crippen LogP contribution in [0, 0.1) is 0 Å². The summed E-state index contributed by atoms with van der Waals surface area (Å²) in [5.41, 5.74) is 1.82. The third kappa shape index (κ3) is 2.69. The Labute approximate surface area is 106 Å². The molecule has 0 aliphatic rings. The average molecular weight is 302 g/mol. The first-order valence-electron chi connectivity index (χ1n) is 5.00. The maximum absolute atomic E-state index is 9.59. The van der Waals surface area contributed by atoms with E-state index in [1.165, 1.54) is 5.56 Å². The number of aliphatic hydroxyl groups is 1. The number of hydrogen-bond donors (Lipinski definition) is 1. The van der Waals surface area contributed by atoms with Crippen molar-refractivity contribution in [3.8, 4) is 0 Å². The van der Waals surface area contributed by atoms with E-state index in [0.717, 1.165) is 3.79 Å². The first kappa shape index (κ1) is 11.8. The molecule has 0 amide bonds. The van der Waals surface area contributed by atoms with Gasteiger partial charge in [0, 0.05) is 0 Å². The molecule has 0 aromatic carbocycles. The zero-order valence-electron chi connectivity index (χ0n) is 8.80. The molecule has 1 N–H and O–H groups in total. The Balaban J connectivity index is 2.08. The van der Waals surface area contributed by atoms with Crippen LogP contribution in [0.1, 0.15) is 30.7 Å². The van der Waals surface area contributed by atoms with Gasteiger partial charge in [-0.25, -0.2) is 4.68 Å². The monoisotopic (exact) mass is 301 g/mol. The van der Waals surface area contributed by atoms with E-state index in [1.54, 1.807) is 22.2 Å². The summed E-state index contributed by atoms with van der Waals surface area (Å²) in [6.45, 7) is 2.60. The molecule has 0 aliphatic carbocycles. The van der Waals surface area contributed by atoms with E-state index in [9.17, 15) is 5.11 Å². The minimum absolute atomic E-state index is 0.511. The zero-order valence-corrected chi connectivity index (χ0v) is 11.2. The smallest absolute Gasteiger partial charge is 0.111 e. The number of aliphatic hydroxyl groups excluding tert-OH is 1. The van der Waals surface area contributed by atoms with Crippen molar-refractivity contribution in [2.75, 3.05) is 0 Å². The van der Waals surface area contributed by atoms with Crippen LogP contribution in [0.5, 0.6) is 0 Å². The number of aromatic nitrogens is 3. The molecule has 0 saturated carbocycles. The van der Waals surface area contributed by atoms with Crippen molar-refractivity contribution < 1.29 is 5.11 Å². The molecule has 0 spiro atoms. The number of rotatable bonds is 4. The van der Waals surface area contributed by atoms with Gasteiger partial charge in [-0.15, -0.1) is 16.4 Å². The molecule has 0 aliphatic heterocycles. The van der Waals surface area contributed by atoms with Crippen molar-refractivity contribution in [2.45, 2.75) is 26.0 Å². The van der Waals surface area contributed by atoms with Crippen LogP contribution >= 0.6 is 27.3 Å². The van der Waals surface area contributed by atoms with Gasteiger partial charge in [0.25, 0.3) is 0 Å². The predicted octanol–water partition coefficient (Wildman–Crippen LogP) is 2.59. The highest BCUT2D eigenvalue weighted by Gasteiger charge is 2.09. The van der Waals surface area contributed by atoms with Gasteiger partial charge in [0.1, 0.15) is 5.69 Å². The van der Waals surface area contributed by atoms with E-state index < -0.39 is 6.10 Å². The fourth-order valence-corrected chi connectivity index (χ4v) is 2.57. The number of halogens is 1. The van der Waals surface area contributed by atoms with E-state index in [-0.39, 0.29) is 0 Å². The van der Waals surface area contributed by atoms with Crippen molar-refractivity contribution in [3.05, 3.63) is 32.7 Å². The first-order valence-corrected chi connectivity index (χ1v) is 6.67. The minimum atomic E-state index is -0.511. The van der Waals surface area contributed by atoms with E-state index in [0.29, 0.717) is 18.7 Å². The Morgan fingerprint density at radius 1 is 1.62 bits per heavy atom. The summed E-state index contributed by atoms with van der Waals surface area (Å²) in [6.07, 6.45) is 1.94. The van der Waals surface area contributed by atoms with Crippen molar-refractivity contribution in [3.63, 3.8) is 0 Å². The Morgan fingerprint density at radius 3 is 3.06 bits per heavy atom. The highest BCUT2D eigenvalue weighted by atomic mass is 79.9. The summed E-state index contributed by atoms with van der Waals surface area (Å²) < 4.78 is 2.85. The largest absolute Gasteiger partial charge is 0.387 e. The van der Waals surface area contributed by atoms with Crippen LogP contribution in [0.3, 0.4) is 0 Å². The number of hydrogen-bond acceptors (Lipinski definition) is 4. The summed E-state index contributed by atoms with van der Waals surface area (Å²) in [6, 6.07) is 2.06. The maximum Gasteiger partial charge on any atom is 0.111 e. The standard InChI is InChI=1S/C10H12BrN3OS/c1-2-9(15)8-5-14(13-12-8)4-7-3-10(11)16-6-7/h3,5-6,9,15H,2,4H2,1H3. The van der Waals surface area contributed by atoms with Crippen molar-refractivity contribution in [1.82, 2.24) is 15.0 Å². The second-order valence-electron chi connectivity index (χ2n) is 3.52. The molecule has 0 radical (unpaired) electrons. The molecule has 2 heterocycles. The predicted molar refractivity (Wildman–Crippen MR) is 66.4 cm³/mol. The van der Waals surface area contributed by atoms with Crippen molar-refractivity contribution >= 4 is 27.3 Å². The zero-order chi connectivity index (χ0) is 11.5. The lowest BCUT2D eigenvalue weighted by atomic mass is 10.2. The molecule has 4 nitrogen and oxygen atoms in total. The Hall–Kier alpha value is -0.720. The minimum Gasteiger partial charge on any atom is -0.387 e. The van der Waals surface area contributed by atoms with Crippen LogP contribution < -0.4 is 0 Å². The first-order chi connectivity index (χ1) is 7.69. The van der Waals surface area contributed by atoms with Gasteiger partial charge in [-0.3, -0.25) is 0 Å². The molecule has 1 unspecified atom stereocenters. The number of nitrogens with zero attached hydrogens (tertiary/aromatic N) is 3. The molecule has 1 atom stereocenters. The third-order valence-electron chi connectivity index (χ3n) is 2.25. The Kier molecular flexibility index (Phi) is 3.73. The fraction of sp³-hybridized carbons (Fsp3) is 0.400. The molecular formula is C10H12BrN3OS. The van der Waals surface area contributed by atoms with Gasteiger partial charge in [-0.1, -0.05) is 12.1 Å². The van der Waals surface area contributed by atoms with Crippen LogP contribution in [-0.4, -0.2) is 20.1 Å². The van der Waals surface area contributed by atoms with E-state index in [4.69, 9.17) is 0 Å². The van der Waals surface area contributed by atoms with Gasteiger partial charge in [-0.05, 0) is 39.4 Å². The molecule has 16 heavy (non-hydrogen) atoms. The topological polar surface area (TPSA) is 50.9 Å². The van der Waals surface area contributed by atoms with Crippen LogP contribution in [-0.2, 0) is 6.54 Å². The summed E-state index contributed by atoms with van der Waals surface area (Å²) >= 11 is 5.07. The Morgan fingerprint density at radius 2 is 2.44 bits per heavy atom. The molecule has 2 aromatic heterocycles. The third-order valence-corrected chi connectivity index (χ3v) is 3.80. The lowest BCUT2D eigenvalue weighted by molar-refractivity contribution is 0.168. The van der Waals surface area contributed by atoms with Gasteiger partial charge in [0.05, 0.1) is 22.6 Å². The molecular weight excluding hydrogens is 290 g/mol. The normalized spacial score (nSPS) is 12.9.